The van der Waals surface area contributed by atoms with E-state index in [1.54, 1.807) is 0 Å². The highest BCUT2D eigenvalue weighted by Crippen LogP contribution is 2.35. The normalized spacial score (nSPS) is 17.8. The molecule has 0 spiro atoms. The fourth-order valence-corrected chi connectivity index (χ4v) is 3.69. The summed E-state index contributed by atoms with van der Waals surface area (Å²) in [7, 11) is 0. The molecule has 5 rings (SSSR count). The number of benzene rings is 1. The van der Waals surface area contributed by atoms with E-state index in [1.807, 2.05) is 0 Å². The van der Waals surface area contributed by atoms with E-state index in [-0.39, 0.29) is 36.4 Å². The highest BCUT2D eigenvalue weighted by molar-refractivity contribution is 5.93. The lowest BCUT2D eigenvalue weighted by Crippen LogP contribution is -2.28. The topological polar surface area (TPSA) is 110 Å². The van der Waals surface area contributed by atoms with Gasteiger partial charge in [0.2, 0.25) is 0 Å². The molecule has 1 atom stereocenters. The Morgan fingerprint density at radius 3 is 2.68 bits per heavy atom. The Morgan fingerprint density at radius 1 is 1.15 bits per heavy atom. The SMILES string of the molecule is O=C1NCCN1c1ccc(-c2c(F)cc(N3C[C@H](COc4ccon4)OC3=O)c(F)c2F)cn1. The van der Waals surface area contributed by atoms with E-state index in [0.29, 0.717) is 13.1 Å². The molecule has 0 radical (unpaired) electrons. The van der Waals surface area contributed by atoms with Gasteiger partial charge in [-0.25, -0.2) is 27.7 Å². The number of hydrogen-bond donors (Lipinski definition) is 1. The second kappa shape index (κ2) is 8.57. The minimum atomic E-state index is -1.49. The largest absolute Gasteiger partial charge is 0.471 e. The quantitative estimate of drug-likeness (QED) is 0.546. The molecule has 3 amide bonds. The number of nitrogens with one attached hydrogen (secondary N) is 1. The highest BCUT2D eigenvalue weighted by Gasteiger charge is 2.36. The summed E-state index contributed by atoms with van der Waals surface area (Å²) in [5.74, 6) is -3.56. The fraction of sp³-hybridized carbons (Fsp3) is 0.238. The van der Waals surface area contributed by atoms with Crippen LogP contribution in [0.4, 0.5) is 34.3 Å². The first-order valence-electron chi connectivity index (χ1n) is 10.1. The second-order valence-electron chi connectivity index (χ2n) is 7.43. The molecule has 2 fully saturated rings. The number of ether oxygens (including phenoxy) is 2. The van der Waals surface area contributed by atoms with Gasteiger partial charge < -0.3 is 19.3 Å². The van der Waals surface area contributed by atoms with Crippen LogP contribution < -0.4 is 19.9 Å². The molecule has 10 nitrogen and oxygen atoms in total. The van der Waals surface area contributed by atoms with Crippen LogP contribution in [0.25, 0.3) is 11.1 Å². The fourth-order valence-electron chi connectivity index (χ4n) is 3.69. The third kappa shape index (κ3) is 3.84. The Labute approximate surface area is 189 Å². The smallest absolute Gasteiger partial charge is 0.414 e. The van der Waals surface area contributed by atoms with Crippen molar-refractivity contribution in [1.29, 1.82) is 0 Å². The number of rotatable bonds is 6. The Hall–Kier alpha value is -4.29. The number of amides is 3. The van der Waals surface area contributed by atoms with Crippen molar-refractivity contribution >= 4 is 23.6 Å². The van der Waals surface area contributed by atoms with Gasteiger partial charge in [0.15, 0.2) is 17.7 Å². The lowest BCUT2D eigenvalue weighted by Gasteiger charge is -2.17. The molecule has 2 saturated heterocycles. The third-order valence-electron chi connectivity index (χ3n) is 5.31. The van der Waals surface area contributed by atoms with E-state index < -0.39 is 40.9 Å². The number of urea groups is 1. The van der Waals surface area contributed by atoms with Gasteiger partial charge in [-0.05, 0) is 17.3 Å². The maximum absolute atomic E-state index is 14.9. The molecule has 13 heteroatoms. The number of carbonyl (C=O) groups is 2. The van der Waals surface area contributed by atoms with Crippen molar-refractivity contribution in [3.8, 4) is 17.0 Å². The number of cyclic esters (lactones) is 1. The van der Waals surface area contributed by atoms with Crippen molar-refractivity contribution in [2.75, 3.05) is 36.0 Å². The second-order valence-corrected chi connectivity index (χ2v) is 7.43. The molecule has 2 aliphatic heterocycles. The predicted molar refractivity (Wildman–Crippen MR) is 110 cm³/mol. The summed E-state index contributed by atoms with van der Waals surface area (Å²) in [5.41, 5.74) is -1.29. The third-order valence-corrected chi connectivity index (χ3v) is 5.31. The van der Waals surface area contributed by atoms with Crippen LogP contribution in [0.15, 0.2) is 41.2 Å². The van der Waals surface area contributed by atoms with Crippen molar-refractivity contribution in [2.24, 2.45) is 0 Å². The standard InChI is InChI=1S/C21H16F3N5O5/c22-13-7-14(29-9-12(34-21(29)31)10-32-16-3-6-33-27-16)18(23)19(24)17(13)11-1-2-15(26-8-11)28-5-4-25-20(28)30/h1-3,6-8,12H,4-5,9-10H2,(H,25,30)/t12-/m1/s1. The summed E-state index contributed by atoms with van der Waals surface area (Å²) < 4.78 is 59.8. The molecule has 0 bridgehead atoms. The molecule has 34 heavy (non-hydrogen) atoms. The van der Waals surface area contributed by atoms with Gasteiger partial charge >= 0.3 is 12.1 Å². The number of pyridine rings is 1. The number of anilines is 2. The molecule has 2 aliphatic rings. The Kier molecular flexibility index (Phi) is 5.43. The van der Waals surface area contributed by atoms with Gasteiger partial charge in [0.05, 0.1) is 17.8 Å². The summed E-state index contributed by atoms with van der Waals surface area (Å²) in [4.78, 5) is 30.2. The molecule has 0 saturated carbocycles. The molecular formula is C21H16F3N5O5. The number of halogens is 3. The van der Waals surface area contributed by atoms with E-state index >= 15 is 0 Å². The van der Waals surface area contributed by atoms with Gasteiger partial charge in [0.1, 0.15) is 24.5 Å². The molecule has 1 N–H and O–H groups in total. The van der Waals surface area contributed by atoms with Crippen LogP contribution in [0, 0.1) is 17.5 Å². The molecule has 0 aliphatic carbocycles. The van der Waals surface area contributed by atoms with E-state index in [9.17, 15) is 22.8 Å². The summed E-state index contributed by atoms with van der Waals surface area (Å²) in [5, 5.41) is 6.16. The summed E-state index contributed by atoms with van der Waals surface area (Å²) in [6, 6.07) is 4.56. The zero-order valence-electron chi connectivity index (χ0n) is 17.3. The minimum Gasteiger partial charge on any atom is -0.471 e. The molecular weight excluding hydrogens is 459 g/mol. The maximum atomic E-state index is 14.9. The van der Waals surface area contributed by atoms with Gasteiger partial charge in [0.25, 0.3) is 5.88 Å². The number of nitrogens with zero attached hydrogens (tertiary/aromatic N) is 4. The van der Waals surface area contributed by atoms with Crippen molar-refractivity contribution < 1.29 is 36.8 Å². The first-order chi connectivity index (χ1) is 16.4. The lowest BCUT2D eigenvalue weighted by atomic mass is 10.0. The Bertz CT molecular complexity index is 1240. The summed E-state index contributed by atoms with van der Waals surface area (Å²) in [6.07, 6.45) is 0.628. The van der Waals surface area contributed by atoms with Crippen molar-refractivity contribution in [3.05, 3.63) is 54.2 Å². The maximum Gasteiger partial charge on any atom is 0.414 e. The van der Waals surface area contributed by atoms with Crippen LogP contribution in [-0.4, -0.2) is 54.6 Å². The lowest BCUT2D eigenvalue weighted by molar-refractivity contribution is 0.101. The molecule has 3 aromatic rings. The molecule has 4 heterocycles. The van der Waals surface area contributed by atoms with E-state index in [2.05, 4.69) is 20.0 Å². The van der Waals surface area contributed by atoms with Crippen LogP contribution in [-0.2, 0) is 4.74 Å². The summed E-state index contributed by atoms with van der Waals surface area (Å²) >= 11 is 0. The minimum absolute atomic E-state index is 0.0355. The van der Waals surface area contributed by atoms with E-state index in [4.69, 9.17) is 9.47 Å². The van der Waals surface area contributed by atoms with Crippen LogP contribution >= 0.6 is 0 Å². The van der Waals surface area contributed by atoms with Crippen LogP contribution in [0.1, 0.15) is 0 Å². The van der Waals surface area contributed by atoms with Crippen molar-refractivity contribution in [3.63, 3.8) is 0 Å². The number of hydrogen-bond acceptors (Lipinski definition) is 7. The van der Waals surface area contributed by atoms with Gasteiger partial charge in [-0.1, -0.05) is 0 Å². The van der Waals surface area contributed by atoms with Crippen molar-refractivity contribution in [1.82, 2.24) is 15.5 Å². The first kappa shape index (κ1) is 21.6. The number of aromatic nitrogens is 2. The van der Waals surface area contributed by atoms with Crippen molar-refractivity contribution in [2.45, 2.75) is 6.10 Å². The Balaban J connectivity index is 1.37. The first-order valence-corrected chi connectivity index (χ1v) is 10.1. The number of carbonyl (C=O) groups excluding carboxylic acids is 2. The van der Waals surface area contributed by atoms with Gasteiger partial charge in [-0.2, -0.15) is 0 Å². The average Bonchev–Trinajstić information content (AvgIpc) is 3.57. The van der Waals surface area contributed by atoms with Gasteiger partial charge in [-0.15, -0.1) is 0 Å². The monoisotopic (exact) mass is 475 g/mol. The Morgan fingerprint density at radius 2 is 2.00 bits per heavy atom. The van der Waals surface area contributed by atoms with E-state index in [0.717, 1.165) is 17.2 Å². The average molecular weight is 475 g/mol. The van der Waals surface area contributed by atoms with Crippen LogP contribution in [0.3, 0.4) is 0 Å². The molecule has 1 aromatic carbocycles. The molecule has 2 aromatic heterocycles. The van der Waals surface area contributed by atoms with Crippen LogP contribution in [0.5, 0.6) is 5.88 Å². The summed E-state index contributed by atoms with van der Waals surface area (Å²) in [6.45, 7) is 0.532. The molecule has 176 valence electrons. The van der Waals surface area contributed by atoms with Gasteiger partial charge in [0, 0.05) is 37.0 Å². The zero-order valence-corrected chi connectivity index (χ0v) is 17.3. The van der Waals surface area contributed by atoms with Gasteiger partial charge in [-0.3, -0.25) is 9.80 Å². The van der Waals surface area contributed by atoms with E-state index in [1.165, 1.54) is 29.4 Å². The van der Waals surface area contributed by atoms with Crippen LogP contribution in [0.2, 0.25) is 0 Å². The predicted octanol–water partition coefficient (Wildman–Crippen LogP) is 3.09. The zero-order chi connectivity index (χ0) is 23.8. The highest BCUT2D eigenvalue weighted by atomic mass is 19.2. The molecule has 0 unspecified atom stereocenters.